The van der Waals surface area contributed by atoms with E-state index < -0.39 is 0 Å². The highest BCUT2D eigenvalue weighted by molar-refractivity contribution is 7.97. The van der Waals surface area contributed by atoms with Crippen molar-refractivity contribution >= 4 is 18.0 Å². The van der Waals surface area contributed by atoms with Crippen LogP contribution in [0.2, 0.25) is 0 Å². The van der Waals surface area contributed by atoms with E-state index in [1.54, 1.807) is 24.0 Å². The Kier molecular flexibility index (Phi) is 3.11. The summed E-state index contributed by atoms with van der Waals surface area (Å²) in [5.41, 5.74) is 1.65. The van der Waals surface area contributed by atoms with Crippen molar-refractivity contribution in [3.8, 4) is 0 Å². The number of hydrogen-bond donors (Lipinski definition) is 0. The van der Waals surface area contributed by atoms with Gasteiger partial charge in [-0.25, -0.2) is 0 Å². The monoisotopic (exact) mass is 167 g/mol. The minimum Gasteiger partial charge on any atom is -0.298 e. The maximum atomic E-state index is 10.2. The van der Waals surface area contributed by atoms with E-state index in [0.717, 1.165) is 17.7 Å². The summed E-state index contributed by atoms with van der Waals surface area (Å²) >= 11 is 1.72. The Balaban J connectivity index is 2.74. The van der Waals surface area contributed by atoms with Crippen LogP contribution < -0.4 is 0 Å². The zero-order valence-corrected chi connectivity index (χ0v) is 7.10. The Bertz CT molecular complexity index is 232. The van der Waals surface area contributed by atoms with Crippen LogP contribution in [-0.4, -0.2) is 17.5 Å². The normalized spacial score (nSPS) is 9.55. The van der Waals surface area contributed by atoms with Crippen LogP contribution in [0.4, 0.5) is 0 Å². The molecule has 0 fully saturated rings. The third-order valence-electron chi connectivity index (χ3n) is 1.28. The molecule has 0 N–H and O–H groups in total. The molecule has 0 unspecified atom stereocenters. The molecule has 0 aliphatic rings. The molecule has 0 bridgehead atoms. The highest BCUT2D eigenvalue weighted by Gasteiger charge is 1.92. The van der Waals surface area contributed by atoms with Gasteiger partial charge in [-0.3, -0.25) is 9.78 Å². The zero-order valence-electron chi connectivity index (χ0n) is 6.28. The Hall–Kier alpha value is -0.830. The molecule has 0 aromatic carbocycles. The molecule has 0 aliphatic heterocycles. The van der Waals surface area contributed by atoms with Crippen molar-refractivity contribution in [2.75, 3.05) is 6.26 Å². The summed E-state index contributed by atoms with van der Waals surface area (Å²) in [7, 11) is 0. The van der Waals surface area contributed by atoms with Crippen molar-refractivity contribution in [2.45, 2.75) is 5.75 Å². The van der Waals surface area contributed by atoms with Gasteiger partial charge in [-0.05, 0) is 18.4 Å². The molecule has 1 heterocycles. The molecule has 1 aromatic heterocycles. The molecule has 11 heavy (non-hydrogen) atoms. The van der Waals surface area contributed by atoms with Gasteiger partial charge in [0.15, 0.2) is 6.29 Å². The smallest absolute Gasteiger partial charge is 0.151 e. The van der Waals surface area contributed by atoms with Crippen LogP contribution in [0.15, 0.2) is 18.3 Å². The van der Waals surface area contributed by atoms with Gasteiger partial charge in [0, 0.05) is 17.5 Å². The van der Waals surface area contributed by atoms with Gasteiger partial charge in [0.2, 0.25) is 0 Å². The summed E-state index contributed by atoms with van der Waals surface area (Å²) < 4.78 is 0. The van der Waals surface area contributed by atoms with Crippen molar-refractivity contribution in [1.29, 1.82) is 0 Å². The first kappa shape index (κ1) is 8.27. The quantitative estimate of drug-likeness (QED) is 0.642. The van der Waals surface area contributed by atoms with Gasteiger partial charge in [-0.15, -0.1) is 0 Å². The summed E-state index contributed by atoms with van der Waals surface area (Å²) in [6.07, 6.45) is 4.42. The number of pyridine rings is 1. The lowest BCUT2D eigenvalue weighted by Crippen LogP contribution is -1.87. The maximum absolute atomic E-state index is 10.2. The fourth-order valence-corrected chi connectivity index (χ4v) is 1.21. The predicted octanol–water partition coefficient (Wildman–Crippen LogP) is 1.76. The second-order valence-corrected chi connectivity index (χ2v) is 3.00. The molecule has 3 heteroatoms. The molecule has 0 spiro atoms. The highest BCUT2D eigenvalue weighted by atomic mass is 32.2. The van der Waals surface area contributed by atoms with Crippen molar-refractivity contribution in [1.82, 2.24) is 4.98 Å². The Morgan fingerprint density at radius 3 is 2.91 bits per heavy atom. The molecule has 58 valence electrons. The number of rotatable bonds is 3. The van der Waals surface area contributed by atoms with E-state index in [-0.39, 0.29) is 0 Å². The van der Waals surface area contributed by atoms with Crippen molar-refractivity contribution in [3.05, 3.63) is 29.6 Å². The lowest BCUT2D eigenvalue weighted by molar-refractivity contribution is 0.112. The average Bonchev–Trinajstić information content (AvgIpc) is 2.07. The van der Waals surface area contributed by atoms with Crippen LogP contribution in [0.1, 0.15) is 16.1 Å². The van der Waals surface area contributed by atoms with Crippen molar-refractivity contribution in [2.24, 2.45) is 0 Å². The predicted molar refractivity (Wildman–Crippen MR) is 46.8 cm³/mol. The summed E-state index contributed by atoms with van der Waals surface area (Å²) in [5, 5.41) is 0. The number of thioether (sulfide) groups is 1. The second-order valence-electron chi connectivity index (χ2n) is 2.13. The maximum Gasteiger partial charge on any atom is 0.151 e. The first-order valence-corrected chi connectivity index (χ1v) is 4.65. The summed E-state index contributed by atoms with van der Waals surface area (Å²) in [6.45, 7) is 0. The number of aldehydes is 1. The molecule has 0 saturated heterocycles. The van der Waals surface area contributed by atoms with Crippen LogP contribution in [0.25, 0.3) is 0 Å². The molecule has 0 saturated carbocycles. The molecule has 0 radical (unpaired) electrons. The van der Waals surface area contributed by atoms with Crippen LogP contribution in [0, 0.1) is 0 Å². The molecular formula is C8H9NOS. The lowest BCUT2D eigenvalue weighted by Gasteiger charge is -1.95. The SMILES string of the molecule is CSCc1ccc(C=O)cn1. The Morgan fingerprint density at radius 1 is 1.64 bits per heavy atom. The van der Waals surface area contributed by atoms with E-state index in [9.17, 15) is 4.79 Å². The van der Waals surface area contributed by atoms with E-state index in [4.69, 9.17) is 0 Å². The molecule has 1 rings (SSSR count). The van der Waals surface area contributed by atoms with E-state index in [1.807, 2.05) is 12.3 Å². The number of nitrogens with zero attached hydrogens (tertiary/aromatic N) is 1. The average molecular weight is 167 g/mol. The number of carbonyl (C=O) groups excluding carboxylic acids is 1. The first-order chi connectivity index (χ1) is 5.36. The fraction of sp³-hybridized carbons (Fsp3) is 0.250. The third kappa shape index (κ3) is 2.35. The molecule has 0 amide bonds. The van der Waals surface area contributed by atoms with Crippen LogP contribution in [0.5, 0.6) is 0 Å². The number of carbonyl (C=O) groups is 1. The van der Waals surface area contributed by atoms with Crippen molar-refractivity contribution < 1.29 is 4.79 Å². The minimum atomic E-state index is 0.634. The number of hydrogen-bond acceptors (Lipinski definition) is 3. The van der Waals surface area contributed by atoms with Crippen LogP contribution in [-0.2, 0) is 5.75 Å². The summed E-state index contributed by atoms with van der Waals surface area (Å²) in [6, 6.07) is 3.66. The van der Waals surface area contributed by atoms with E-state index in [2.05, 4.69) is 4.98 Å². The standard InChI is InChI=1S/C8H9NOS/c1-11-6-8-3-2-7(5-10)4-9-8/h2-5H,6H2,1H3. The van der Waals surface area contributed by atoms with Crippen molar-refractivity contribution in [3.63, 3.8) is 0 Å². The number of aromatic nitrogens is 1. The van der Waals surface area contributed by atoms with Gasteiger partial charge < -0.3 is 0 Å². The zero-order chi connectivity index (χ0) is 8.10. The Labute approximate surface area is 70.0 Å². The van der Waals surface area contributed by atoms with Crippen LogP contribution >= 0.6 is 11.8 Å². The minimum absolute atomic E-state index is 0.634. The van der Waals surface area contributed by atoms with Gasteiger partial charge >= 0.3 is 0 Å². The van der Waals surface area contributed by atoms with Gasteiger partial charge in [0.1, 0.15) is 0 Å². The van der Waals surface area contributed by atoms with Gasteiger partial charge in [0.05, 0.1) is 5.69 Å². The van der Waals surface area contributed by atoms with E-state index in [1.165, 1.54) is 0 Å². The van der Waals surface area contributed by atoms with Gasteiger partial charge in [0.25, 0.3) is 0 Å². The van der Waals surface area contributed by atoms with Gasteiger partial charge in [-0.1, -0.05) is 0 Å². The van der Waals surface area contributed by atoms with Crippen LogP contribution in [0.3, 0.4) is 0 Å². The molecule has 2 nitrogen and oxygen atoms in total. The molecule has 0 atom stereocenters. The topological polar surface area (TPSA) is 30.0 Å². The molecule has 0 aliphatic carbocycles. The second kappa shape index (κ2) is 4.13. The Morgan fingerprint density at radius 2 is 2.45 bits per heavy atom. The van der Waals surface area contributed by atoms with E-state index >= 15 is 0 Å². The van der Waals surface area contributed by atoms with E-state index in [0.29, 0.717) is 5.56 Å². The fourth-order valence-electron chi connectivity index (χ4n) is 0.739. The molecule has 1 aromatic rings. The summed E-state index contributed by atoms with van der Waals surface area (Å²) in [5.74, 6) is 0.902. The highest BCUT2D eigenvalue weighted by Crippen LogP contribution is 2.05. The lowest BCUT2D eigenvalue weighted by atomic mass is 10.3. The third-order valence-corrected chi connectivity index (χ3v) is 1.86. The molecular weight excluding hydrogens is 158 g/mol. The first-order valence-electron chi connectivity index (χ1n) is 3.26. The van der Waals surface area contributed by atoms with Gasteiger partial charge in [-0.2, -0.15) is 11.8 Å². The summed E-state index contributed by atoms with van der Waals surface area (Å²) in [4.78, 5) is 14.3. The largest absolute Gasteiger partial charge is 0.298 e.